The van der Waals surface area contributed by atoms with Gasteiger partial charge in [0.15, 0.2) is 5.69 Å². The molecular formula is C15H13ClF3N3O3. The minimum absolute atomic E-state index is 0.0155. The van der Waals surface area contributed by atoms with Crippen LogP contribution in [0.4, 0.5) is 24.7 Å². The van der Waals surface area contributed by atoms with Crippen LogP contribution < -0.4 is 10.2 Å². The normalized spacial score (nSPS) is 15.3. The molecule has 1 aliphatic heterocycles. The van der Waals surface area contributed by atoms with Crippen molar-refractivity contribution in [3.63, 3.8) is 0 Å². The zero-order valence-electron chi connectivity index (χ0n) is 12.8. The van der Waals surface area contributed by atoms with Gasteiger partial charge in [-0.3, -0.25) is 4.79 Å². The molecule has 2 aromatic rings. The third-order valence-electron chi connectivity index (χ3n) is 3.59. The van der Waals surface area contributed by atoms with Gasteiger partial charge in [-0.05, 0) is 18.2 Å². The third kappa shape index (κ3) is 4.05. The summed E-state index contributed by atoms with van der Waals surface area (Å²) >= 11 is 5.86. The molecule has 1 amide bonds. The predicted molar refractivity (Wildman–Crippen MR) is 83.9 cm³/mol. The van der Waals surface area contributed by atoms with Gasteiger partial charge in [-0.25, -0.2) is 0 Å². The van der Waals surface area contributed by atoms with Crippen molar-refractivity contribution in [3.8, 4) is 0 Å². The van der Waals surface area contributed by atoms with Crippen molar-refractivity contribution in [2.45, 2.75) is 6.18 Å². The number of anilines is 2. The highest BCUT2D eigenvalue weighted by atomic mass is 35.5. The van der Waals surface area contributed by atoms with Gasteiger partial charge in [-0.15, -0.1) is 0 Å². The Kier molecular flexibility index (Phi) is 4.87. The van der Waals surface area contributed by atoms with Gasteiger partial charge < -0.3 is 19.5 Å². The Hall–Kier alpha value is -2.26. The molecule has 0 saturated carbocycles. The van der Waals surface area contributed by atoms with Gasteiger partial charge in [-0.2, -0.15) is 13.2 Å². The number of rotatable bonds is 3. The van der Waals surface area contributed by atoms with E-state index in [1.165, 1.54) is 6.07 Å². The number of ether oxygens (including phenoxy) is 1. The second-order valence-corrected chi connectivity index (χ2v) is 5.70. The number of halogens is 4. The maximum absolute atomic E-state index is 12.8. The first-order chi connectivity index (χ1) is 11.8. The van der Waals surface area contributed by atoms with E-state index < -0.39 is 17.6 Å². The molecule has 0 atom stereocenters. The Labute approximate surface area is 145 Å². The quantitative estimate of drug-likeness (QED) is 0.890. The topological polar surface area (TPSA) is 67.6 Å². The summed E-state index contributed by atoms with van der Waals surface area (Å²) in [7, 11) is 0. The fourth-order valence-corrected chi connectivity index (χ4v) is 2.45. The predicted octanol–water partition coefficient (Wildman–Crippen LogP) is 3.44. The molecule has 6 nitrogen and oxygen atoms in total. The fraction of sp³-hybridized carbons (Fsp3) is 0.333. The molecular weight excluding hydrogens is 363 g/mol. The molecule has 1 aromatic heterocycles. The molecule has 0 spiro atoms. The van der Waals surface area contributed by atoms with Crippen molar-refractivity contribution in [1.82, 2.24) is 5.16 Å². The van der Waals surface area contributed by atoms with Crippen molar-refractivity contribution in [1.29, 1.82) is 0 Å². The largest absolute Gasteiger partial charge is 0.416 e. The number of hydrogen-bond acceptors (Lipinski definition) is 5. The maximum atomic E-state index is 12.8. The minimum atomic E-state index is -4.54. The van der Waals surface area contributed by atoms with E-state index in [0.717, 1.165) is 18.2 Å². The fourth-order valence-electron chi connectivity index (χ4n) is 2.29. The van der Waals surface area contributed by atoms with Crippen molar-refractivity contribution >= 4 is 29.1 Å². The number of carbonyl (C=O) groups is 1. The van der Waals surface area contributed by atoms with Gasteiger partial charge in [0.25, 0.3) is 5.91 Å². The highest BCUT2D eigenvalue weighted by Crippen LogP contribution is 2.34. The molecule has 0 bridgehead atoms. The number of nitrogens with zero attached hydrogens (tertiary/aromatic N) is 2. The summed E-state index contributed by atoms with van der Waals surface area (Å²) in [6.45, 7) is 2.25. The smallest absolute Gasteiger partial charge is 0.378 e. The van der Waals surface area contributed by atoms with Crippen LogP contribution in [0.3, 0.4) is 0 Å². The Bertz CT molecular complexity index is 773. The van der Waals surface area contributed by atoms with Crippen LogP contribution >= 0.6 is 11.6 Å². The summed E-state index contributed by atoms with van der Waals surface area (Å²) in [5, 5.41) is 5.96. The first kappa shape index (κ1) is 17.6. The molecule has 134 valence electrons. The van der Waals surface area contributed by atoms with E-state index in [1.807, 2.05) is 4.90 Å². The lowest BCUT2D eigenvalue weighted by molar-refractivity contribution is -0.137. The summed E-state index contributed by atoms with van der Waals surface area (Å²) in [4.78, 5) is 14.1. The van der Waals surface area contributed by atoms with E-state index in [9.17, 15) is 18.0 Å². The van der Waals surface area contributed by atoms with Crippen molar-refractivity contribution < 1.29 is 27.2 Å². The van der Waals surface area contributed by atoms with E-state index in [1.54, 1.807) is 0 Å². The van der Waals surface area contributed by atoms with Crippen LogP contribution in [0.5, 0.6) is 0 Å². The molecule has 25 heavy (non-hydrogen) atoms. The SMILES string of the molecule is O=C(Nc1cc(C(F)(F)F)ccc1Cl)c1cc(N2CCOCC2)on1. The minimum Gasteiger partial charge on any atom is -0.378 e. The van der Waals surface area contributed by atoms with Crippen LogP contribution in [0, 0.1) is 0 Å². The number of morpholine rings is 1. The van der Waals surface area contributed by atoms with Gasteiger partial charge in [0.1, 0.15) is 0 Å². The van der Waals surface area contributed by atoms with E-state index in [2.05, 4.69) is 10.5 Å². The standard InChI is InChI=1S/C15H13ClF3N3O3/c16-10-2-1-9(15(17,18)19)7-11(10)20-14(23)12-8-13(25-21-12)22-3-5-24-6-4-22/h1-2,7-8H,3-6H2,(H,20,23). The Morgan fingerprint density at radius 1 is 1.24 bits per heavy atom. The van der Waals surface area contributed by atoms with Crippen LogP contribution in [-0.4, -0.2) is 37.4 Å². The Morgan fingerprint density at radius 3 is 2.64 bits per heavy atom. The molecule has 0 radical (unpaired) electrons. The van der Waals surface area contributed by atoms with E-state index in [-0.39, 0.29) is 16.4 Å². The molecule has 3 rings (SSSR count). The van der Waals surface area contributed by atoms with Crippen LogP contribution in [0.2, 0.25) is 5.02 Å². The molecule has 0 unspecified atom stereocenters. The highest BCUT2D eigenvalue weighted by Gasteiger charge is 2.31. The molecule has 1 aromatic carbocycles. The summed E-state index contributed by atoms with van der Waals surface area (Å²) in [6.07, 6.45) is -4.54. The highest BCUT2D eigenvalue weighted by molar-refractivity contribution is 6.33. The van der Waals surface area contributed by atoms with E-state index in [0.29, 0.717) is 32.2 Å². The van der Waals surface area contributed by atoms with Crippen LogP contribution in [-0.2, 0) is 10.9 Å². The van der Waals surface area contributed by atoms with Gasteiger partial charge in [-0.1, -0.05) is 16.8 Å². The Balaban J connectivity index is 1.75. The Morgan fingerprint density at radius 2 is 1.96 bits per heavy atom. The second-order valence-electron chi connectivity index (χ2n) is 5.30. The van der Waals surface area contributed by atoms with Crippen LogP contribution in [0.15, 0.2) is 28.8 Å². The second kappa shape index (κ2) is 6.93. The summed E-state index contributed by atoms with van der Waals surface area (Å²) in [6, 6.07) is 4.10. The number of carbonyl (C=O) groups excluding carboxylic acids is 1. The molecule has 1 fully saturated rings. The van der Waals surface area contributed by atoms with Crippen molar-refractivity contribution in [2.24, 2.45) is 0 Å². The lowest BCUT2D eigenvalue weighted by Gasteiger charge is -2.25. The van der Waals surface area contributed by atoms with Crippen LogP contribution in [0.25, 0.3) is 0 Å². The zero-order chi connectivity index (χ0) is 18.0. The molecule has 1 saturated heterocycles. The first-order valence-corrected chi connectivity index (χ1v) is 7.70. The lowest BCUT2D eigenvalue weighted by atomic mass is 10.2. The number of amides is 1. The number of hydrogen-bond donors (Lipinski definition) is 1. The molecule has 1 N–H and O–H groups in total. The summed E-state index contributed by atoms with van der Waals surface area (Å²) < 4.78 is 48.6. The number of benzene rings is 1. The van der Waals surface area contributed by atoms with E-state index >= 15 is 0 Å². The van der Waals surface area contributed by atoms with Crippen molar-refractivity contribution in [3.05, 3.63) is 40.5 Å². The van der Waals surface area contributed by atoms with Gasteiger partial charge >= 0.3 is 6.18 Å². The van der Waals surface area contributed by atoms with Gasteiger partial charge in [0, 0.05) is 19.2 Å². The van der Waals surface area contributed by atoms with Gasteiger partial charge in [0.2, 0.25) is 5.88 Å². The number of alkyl halides is 3. The third-order valence-corrected chi connectivity index (χ3v) is 3.92. The maximum Gasteiger partial charge on any atom is 0.416 e. The number of aromatic nitrogens is 1. The molecule has 1 aliphatic rings. The first-order valence-electron chi connectivity index (χ1n) is 7.32. The molecule has 0 aliphatic carbocycles. The monoisotopic (exact) mass is 375 g/mol. The summed E-state index contributed by atoms with van der Waals surface area (Å²) in [5.41, 5.74) is -1.13. The average molecular weight is 376 g/mol. The van der Waals surface area contributed by atoms with Gasteiger partial charge in [0.05, 0.1) is 29.5 Å². The number of nitrogens with one attached hydrogen (secondary N) is 1. The summed E-state index contributed by atoms with van der Waals surface area (Å²) in [5.74, 6) is -0.326. The molecule has 2 heterocycles. The van der Waals surface area contributed by atoms with E-state index in [4.69, 9.17) is 20.9 Å². The lowest BCUT2D eigenvalue weighted by Crippen LogP contribution is -2.35. The molecule has 10 heteroatoms. The zero-order valence-corrected chi connectivity index (χ0v) is 13.5. The van der Waals surface area contributed by atoms with Crippen molar-refractivity contribution in [2.75, 3.05) is 36.5 Å². The average Bonchev–Trinajstić information content (AvgIpc) is 3.07. The van der Waals surface area contributed by atoms with Crippen LogP contribution in [0.1, 0.15) is 16.1 Å².